The standard InChI is InChI=1S/C15H14N2O2S/c1-10(12-4-2-11(7-16)3-5-12)17-8-14-6-13(9-20-14)15(18)19/h2-6,9-10,17H,8H2,1H3,(H,18,19). The molecular weight excluding hydrogens is 272 g/mol. The van der Waals surface area contributed by atoms with Gasteiger partial charge >= 0.3 is 5.97 Å². The van der Waals surface area contributed by atoms with Gasteiger partial charge in [-0.05, 0) is 30.7 Å². The third-order valence-electron chi connectivity index (χ3n) is 3.02. The van der Waals surface area contributed by atoms with Crippen LogP contribution in [0.25, 0.3) is 0 Å². The molecule has 0 bridgehead atoms. The first kappa shape index (κ1) is 14.3. The summed E-state index contributed by atoms with van der Waals surface area (Å²) in [6.45, 7) is 2.66. The van der Waals surface area contributed by atoms with Gasteiger partial charge in [0.25, 0.3) is 0 Å². The van der Waals surface area contributed by atoms with Crippen LogP contribution in [-0.4, -0.2) is 11.1 Å². The fourth-order valence-corrected chi connectivity index (χ4v) is 2.61. The highest BCUT2D eigenvalue weighted by Gasteiger charge is 2.08. The van der Waals surface area contributed by atoms with Crippen molar-refractivity contribution in [2.45, 2.75) is 19.5 Å². The Hall–Kier alpha value is -2.16. The van der Waals surface area contributed by atoms with Gasteiger partial charge in [0, 0.05) is 22.8 Å². The summed E-state index contributed by atoms with van der Waals surface area (Å²) >= 11 is 1.43. The highest BCUT2D eigenvalue weighted by Crippen LogP contribution is 2.17. The average molecular weight is 286 g/mol. The molecule has 1 heterocycles. The van der Waals surface area contributed by atoms with Crippen LogP contribution in [0.5, 0.6) is 0 Å². The van der Waals surface area contributed by atoms with Crippen LogP contribution in [0.3, 0.4) is 0 Å². The number of nitrogens with one attached hydrogen (secondary N) is 1. The molecule has 2 rings (SSSR count). The predicted octanol–water partition coefficient (Wildman–Crippen LogP) is 3.17. The van der Waals surface area contributed by atoms with Crippen molar-refractivity contribution in [3.05, 3.63) is 57.3 Å². The molecule has 2 aromatic rings. The van der Waals surface area contributed by atoms with E-state index in [-0.39, 0.29) is 6.04 Å². The number of carbonyl (C=O) groups is 1. The molecule has 0 saturated heterocycles. The third-order valence-corrected chi connectivity index (χ3v) is 3.96. The molecule has 0 aliphatic heterocycles. The molecule has 0 saturated carbocycles. The molecule has 2 N–H and O–H groups in total. The van der Waals surface area contributed by atoms with E-state index in [4.69, 9.17) is 10.4 Å². The molecule has 1 atom stereocenters. The van der Waals surface area contributed by atoms with Crippen LogP contribution in [0, 0.1) is 11.3 Å². The summed E-state index contributed by atoms with van der Waals surface area (Å²) in [7, 11) is 0. The second kappa shape index (κ2) is 6.33. The maximum absolute atomic E-state index is 10.8. The van der Waals surface area contributed by atoms with E-state index in [0.717, 1.165) is 10.4 Å². The van der Waals surface area contributed by atoms with E-state index in [1.807, 2.05) is 19.1 Å². The van der Waals surface area contributed by atoms with Crippen LogP contribution < -0.4 is 5.32 Å². The third kappa shape index (κ3) is 3.44. The molecule has 0 aliphatic rings. The summed E-state index contributed by atoms with van der Waals surface area (Å²) in [5.41, 5.74) is 2.07. The van der Waals surface area contributed by atoms with Crippen LogP contribution >= 0.6 is 11.3 Å². The van der Waals surface area contributed by atoms with E-state index >= 15 is 0 Å². The minimum Gasteiger partial charge on any atom is -0.478 e. The number of benzene rings is 1. The SMILES string of the molecule is CC(NCc1cc(C(=O)O)cs1)c1ccc(C#N)cc1. The van der Waals surface area contributed by atoms with Crippen LogP contribution in [0.15, 0.2) is 35.7 Å². The van der Waals surface area contributed by atoms with Crippen molar-refractivity contribution in [3.63, 3.8) is 0 Å². The zero-order valence-corrected chi connectivity index (χ0v) is 11.8. The lowest BCUT2D eigenvalue weighted by molar-refractivity contribution is 0.0697. The summed E-state index contributed by atoms with van der Waals surface area (Å²) in [4.78, 5) is 11.8. The van der Waals surface area contributed by atoms with E-state index in [9.17, 15) is 4.79 Å². The van der Waals surface area contributed by atoms with Crippen molar-refractivity contribution < 1.29 is 9.90 Å². The van der Waals surface area contributed by atoms with Crippen LogP contribution in [-0.2, 0) is 6.54 Å². The second-order valence-electron chi connectivity index (χ2n) is 4.44. The number of carboxylic acid groups (broad SMARTS) is 1. The number of thiophene rings is 1. The average Bonchev–Trinajstić information content (AvgIpc) is 2.94. The number of hydrogen-bond donors (Lipinski definition) is 2. The van der Waals surface area contributed by atoms with Gasteiger partial charge < -0.3 is 10.4 Å². The maximum Gasteiger partial charge on any atom is 0.336 e. The zero-order chi connectivity index (χ0) is 14.5. The minimum atomic E-state index is -0.896. The Balaban J connectivity index is 1.95. The Morgan fingerprint density at radius 2 is 2.15 bits per heavy atom. The van der Waals surface area contributed by atoms with Gasteiger partial charge in [0.1, 0.15) is 0 Å². The first-order chi connectivity index (χ1) is 9.60. The number of aromatic carboxylic acids is 1. The van der Waals surface area contributed by atoms with E-state index in [0.29, 0.717) is 17.7 Å². The van der Waals surface area contributed by atoms with Crippen LogP contribution in [0.1, 0.15) is 39.3 Å². The van der Waals surface area contributed by atoms with Crippen LogP contribution in [0.2, 0.25) is 0 Å². The fraction of sp³-hybridized carbons (Fsp3) is 0.200. The van der Waals surface area contributed by atoms with Gasteiger partial charge in [0.15, 0.2) is 0 Å². The van der Waals surface area contributed by atoms with E-state index in [1.165, 1.54) is 11.3 Å². The highest BCUT2D eigenvalue weighted by molar-refractivity contribution is 7.10. The lowest BCUT2D eigenvalue weighted by Crippen LogP contribution is -2.17. The second-order valence-corrected chi connectivity index (χ2v) is 5.44. The summed E-state index contributed by atoms with van der Waals surface area (Å²) in [5.74, 6) is -0.896. The van der Waals surface area contributed by atoms with E-state index in [2.05, 4.69) is 11.4 Å². The predicted molar refractivity (Wildman–Crippen MR) is 77.7 cm³/mol. The Labute approximate surface area is 121 Å². The molecule has 20 heavy (non-hydrogen) atoms. The van der Waals surface area contributed by atoms with Gasteiger partial charge in [-0.15, -0.1) is 11.3 Å². The zero-order valence-electron chi connectivity index (χ0n) is 11.0. The molecule has 0 amide bonds. The van der Waals surface area contributed by atoms with Gasteiger partial charge in [-0.2, -0.15) is 5.26 Å². The van der Waals surface area contributed by atoms with Crippen molar-refractivity contribution in [2.24, 2.45) is 0 Å². The number of nitrogens with zero attached hydrogens (tertiary/aromatic N) is 1. The summed E-state index contributed by atoms with van der Waals surface area (Å²) in [6, 6.07) is 11.3. The van der Waals surface area contributed by atoms with Crippen molar-refractivity contribution in [3.8, 4) is 6.07 Å². The van der Waals surface area contributed by atoms with Crippen molar-refractivity contribution in [1.29, 1.82) is 5.26 Å². The molecule has 1 unspecified atom stereocenters. The first-order valence-corrected chi connectivity index (χ1v) is 7.02. The summed E-state index contributed by atoms with van der Waals surface area (Å²) in [5, 5.41) is 22.6. The molecule has 0 radical (unpaired) electrons. The number of carboxylic acids is 1. The summed E-state index contributed by atoms with van der Waals surface area (Å²) in [6.07, 6.45) is 0. The highest BCUT2D eigenvalue weighted by atomic mass is 32.1. The van der Waals surface area contributed by atoms with E-state index < -0.39 is 5.97 Å². The Morgan fingerprint density at radius 1 is 1.45 bits per heavy atom. The molecule has 4 nitrogen and oxygen atoms in total. The largest absolute Gasteiger partial charge is 0.478 e. The quantitative estimate of drug-likeness (QED) is 0.885. The van der Waals surface area contributed by atoms with Gasteiger partial charge in [-0.3, -0.25) is 0 Å². The molecule has 5 heteroatoms. The number of rotatable bonds is 5. The Kier molecular flexibility index (Phi) is 4.51. The van der Waals surface area contributed by atoms with Crippen molar-refractivity contribution in [2.75, 3.05) is 0 Å². The topological polar surface area (TPSA) is 73.1 Å². The van der Waals surface area contributed by atoms with Crippen LogP contribution in [0.4, 0.5) is 0 Å². The number of hydrogen-bond acceptors (Lipinski definition) is 4. The maximum atomic E-state index is 10.8. The van der Waals surface area contributed by atoms with Gasteiger partial charge in [0.2, 0.25) is 0 Å². The lowest BCUT2D eigenvalue weighted by Gasteiger charge is -2.13. The minimum absolute atomic E-state index is 0.137. The van der Waals surface area contributed by atoms with E-state index in [1.54, 1.807) is 23.6 Å². The van der Waals surface area contributed by atoms with Gasteiger partial charge in [0.05, 0.1) is 17.2 Å². The molecule has 102 valence electrons. The van der Waals surface area contributed by atoms with Gasteiger partial charge in [-0.1, -0.05) is 12.1 Å². The Morgan fingerprint density at radius 3 is 2.70 bits per heavy atom. The van der Waals surface area contributed by atoms with Gasteiger partial charge in [-0.25, -0.2) is 4.79 Å². The molecular formula is C15H14N2O2S. The molecule has 0 aliphatic carbocycles. The van der Waals surface area contributed by atoms with Crippen molar-refractivity contribution >= 4 is 17.3 Å². The molecule has 0 fully saturated rings. The number of nitriles is 1. The summed E-state index contributed by atoms with van der Waals surface area (Å²) < 4.78 is 0. The van der Waals surface area contributed by atoms with Crippen molar-refractivity contribution in [1.82, 2.24) is 5.32 Å². The normalized spacial score (nSPS) is 11.8. The monoisotopic (exact) mass is 286 g/mol. The fourth-order valence-electron chi connectivity index (χ4n) is 1.80. The smallest absolute Gasteiger partial charge is 0.336 e. The molecule has 0 spiro atoms. The first-order valence-electron chi connectivity index (χ1n) is 6.14. The molecule has 1 aromatic carbocycles. The lowest BCUT2D eigenvalue weighted by atomic mass is 10.1. The Bertz CT molecular complexity index is 641. The molecule has 1 aromatic heterocycles.